The summed E-state index contributed by atoms with van der Waals surface area (Å²) in [6.07, 6.45) is 0. The zero-order chi connectivity index (χ0) is 8.81. The number of para-hydroxylation sites is 1. The molecule has 1 nitrogen and oxygen atoms in total. The molecule has 1 aromatic rings. The number of alkyl halides is 1. The monoisotopic (exact) mass is 184 g/mol. The number of halogens is 1. The summed E-state index contributed by atoms with van der Waals surface area (Å²) in [4.78, 5) is 0. The number of benzene rings is 1. The summed E-state index contributed by atoms with van der Waals surface area (Å²) in [5, 5.41) is 0. The molecule has 0 aliphatic heterocycles. The van der Waals surface area contributed by atoms with Gasteiger partial charge in [-0.2, -0.15) is 0 Å². The molecule has 2 heteroatoms. The smallest absolute Gasteiger partial charge is 0.119 e. The molecule has 0 fully saturated rings. The molecule has 0 aliphatic carbocycles. The summed E-state index contributed by atoms with van der Waals surface area (Å²) in [6, 6.07) is 9.78. The third-order valence-corrected chi connectivity index (χ3v) is 2.07. The predicted molar refractivity (Wildman–Crippen MR) is 51.8 cm³/mol. The molecule has 0 radical (unpaired) electrons. The van der Waals surface area contributed by atoms with Gasteiger partial charge in [0.05, 0.1) is 6.61 Å². The van der Waals surface area contributed by atoms with Gasteiger partial charge in [-0.25, -0.2) is 0 Å². The molecule has 0 bridgehead atoms. The van der Waals surface area contributed by atoms with Gasteiger partial charge in [0.2, 0.25) is 0 Å². The highest BCUT2D eigenvalue weighted by molar-refractivity contribution is 6.18. The summed E-state index contributed by atoms with van der Waals surface area (Å²) >= 11 is 5.64. The number of rotatable bonds is 4. The molecule has 1 aromatic carbocycles. The Balaban J connectivity index is 2.33. The van der Waals surface area contributed by atoms with Gasteiger partial charge in [0.1, 0.15) is 5.75 Å². The first-order chi connectivity index (χ1) is 5.83. The van der Waals surface area contributed by atoms with Crippen molar-refractivity contribution in [1.82, 2.24) is 0 Å². The second-order valence-corrected chi connectivity index (χ2v) is 3.19. The van der Waals surface area contributed by atoms with Gasteiger partial charge in [0, 0.05) is 11.8 Å². The average Bonchev–Trinajstić information content (AvgIpc) is 2.16. The Morgan fingerprint density at radius 3 is 2.58 bits per heavy atom. The molecule has 0 spiro atoms. The van der Waals surface area contributed by atoms with E-state index in [0.717, 1.165) is 5.75 Å². The summed E-state index contributed by atoms with van der Waals surface area (Å²) in [5.74, 6) is 1.97. The van der Waals surface area contributed by atoms with Crippen molar-refractivity contribution < 1.29 is 4.74 Å². The van der Waals surface area contributed by atoms with Crippen molar-refractivity contribution in [2.75, 3.05) is 12.5 Å². The van der Waals surface area contributed by atoms with Gasteiger partial charge in [0.15, 0.2) is 0 Å². The minimum atomic E-state index is 0.409. The summed E-state index contributed by atoms with van der Waals surface area (Å²) in [6.45, 7) is 2.75. The fourth-order valence-electron chi connectivity index (χ4n) is 0.800. The highest BCUT2D eigenvalue weighted by Crippen LogP contribution is 2.10. The van der Waals surface area contributed by atoms with Crippen LogP contribution in [0, 0.1) is 5.92 Å². The van der Waals surface area contributed by atoms with E-state index < -0.39 is 0 Å². The zero-order valence-corrected chi connectivity index (χ0v) is 7.92. The molecule has 0 amide bonds. The van der Waals surface area contributed by atoms with Gasteiger partial charge in [-0.05, 0) is 12.1 Å². The van der Waals surface area contributed by atoms with Crippen molar-refractivity contribution in [1.29, 1.82) is 0 Å². The molecular formula is C10H13ClO. The van der Waals surface area contributed by atoms with Gasteiger partial charge < -0.3 is 4.74 Å². The van der Waals surface area contributed by atoms with Crippen molar-refractivity contribution in [3.8, 4) is 5.75 Å². The third kappa shape index (κ3) is 3.14. The van der Waals surface area contributed by atoms with Crippen LogP contribution in [0.4, 0.5) is 0 Å². The van der Waals surface area contributed by atoms with Crippen molar-refractivity contribution in [2.45, 2.75) is 6.92 Å². The average molecular weight is 185 g/mol. The van der Waals surface area contributed by atoms with Crippen LogP contribution in [0.3, 0.4) is 0 Å². The minimum absolute atomic E-state index is 0.409. The Hall–Kier alpha value is -0.690. The van der Waals surface area contributed by atoms with Crippen LogP contribution in [0.25, 0.3) is 0 Å². The highest BCUT2D eigenvalue weighted by Gasteiger charge is 1.99. The minimum Gasteiger partial charge on any atom is -0.493 e. The van der Waals surface area contributed by atoms with E-state index in [1.165, 1.54) is 0 Å². The fourth-order valence-corrected chi connectivity index (χ4v) is 0.889. The van der Waals surface area contributed by atoms with Crippen LogP contribution in [0.2, 0.25) is 0 Å². The Morgan fingerprint density at radius 1 is 1.33 bits per heavy atom. The molecule has 0 aromatic heterocycles. The van der Waals surface area contributed by atoms with Gasteiger partial charge in [-0.15, -0.1) is 11.6 Å². The summed E-state index contributed by atoms with van der Waals surface area (Å²) in [7, 11) is 0. The third-order valence-electron chi connectivity index (χ3n) is 1.54. The number of hydrogen-bond donors (Lipinski definition) is 0. The zero-order valence-electron chi connectivity index (χ0n) is 7.16. The van der Waals surface area contributed by atoms with Crippen molar-refractivity contribution in [2.24, 2.45) is 5.92 Å². The second kappa shape index (κ2) is 5.04. The van der Waals surface area contributed by atoms with E-state index in [1.807, 2.05) is 30.3 Å². The maximum absolute atomic E-state index is 5.64. The molecule has 0 saturated carbocycles. The van der Waals surface area contributed by atoms with Crippen molar-refractivity contribution in [3.63, 3.8) is 0 Å². The molecule has 0 saturated heterocycles. The lowest BCUT2D eigenvalue weighted by molar-refractivity contribution is 0.273. The molecule has 1 atom stereocenters. The van der Waals surface area contributed by atoms with Crippen LogP contribution in [0.15, 0.2) is 30.3 Å². The lowest BCUT2D eigenvalue weighted by atomic mass is 10.2. The van der Waals surface area contributed by atoms with Gasteiger partial charge in [-0.1, -0.05) is 25.1 Å². The normalized spacial score (nSPS) is 12.5. The standard InChI is InChI=1S/C10H13ClO/c1-9(7-11)8-12-10-5-3-2-4-6-10/h2-6,9H,7-8H2,1H3/t9-/m0/s1. The largest absolute Gasteiger partial charge is 0.493 e. The van der Waals surface area contributed by atoms with E-state index in [0.29, 0.717) is 18.4 Å². The van der Waals surface area contributed by atoms with Crippen molar-refractivity contribution >= 4 is 11.6 Å². The van der Waals surface area contributed by atoms with E-state index in [1.54, 1.807) is 0 Å². The van der Waals surface area contributed by atoms with E-state index >= 15 is 0 Å². The number of hydrogen-bond acceptors (Lipinski definition) is 1. The van der Waals surface area contributed by atoms with Crippen LogP contribution >= 0.6 is 11.6 Å². The lowest BCUT2D eigenvalue weighted by Gasteiger charge is -2.09. The van der Waals surface area contributed by atoms with Crippen LogP contribution in [0.5, 0.6) is 5.75 Å². The molecule has 0 aliphatic rings. The molecule has 1 rings (SSSR count). The van der Waals surface area contributed by atoms with E-state index in [9.17, 15) is 0 Å². The lowest BCUT2D eigenvalue weighted by Crippen LogP contribution is -2.09. The second-order valence-electron chi connectivity index (χ2n) is 2.88. The van der Waals surface area contributed by atoms with Crippen LogP contribution in [0.1, 0.15) is 6.92 Å². The van der Waals surface area contributed by atoms with E-state index in [-0.39, 0.29) is 0 Å². The van der Waals surface area contributed by atoms with Gasteiger partial charge in [0.25, 0.3) is 0 Å². The molecule has 0 N–H and O–H groups in total. The van der Waals surface area contributed by atoms with Crippen LogP contribution < -0.4 is 4.74 Å². The molecule has 0 unspecified atom stereocenters. The van der Waals surface area contributed by atoms with Crippen molar-refractivity contribution in [3.05, 3.63) is 30.3 Å². The first-order valence-electron chi connectivity index (χ1n) is 4.06. The maximum atomic E-state index is 5.64. The molecule has 66 valence electrons. The first-order valence-corrected chi connectivity index (χ1v) is 4.60. The van der Waals surface area contributed by atoms with E-state index in [4.69, 9.17) is 16.3 Å². The van der Waals surface area contributed by atoms with Crippen LogP contribution in [-0.4, -0.2) is 12.5 Å². The molecule has 12 heavy (non-hydrogen) atoms. The number of ether oxygens (including phenoxy) is 1. The SMILES string of the molecule is C[C@@H](CCl)COc1ccccc1. The topological polar surface area (TPSA) is 9.23 Å². The van der Waals surface area contributed by atoms with Gasteiger partial charge in [-0.3, -0.25) is 0 Å². The Bertz CT molecular complexity index is 210. The molecular weight excluding hydrogens is 172 g/mol. The summed E-state index contributed by atoms with van der Waals surface area (Å²) in [5.41, 5.74) is 0. The molecule has 0 heterocycles. The highest BCUT2D eigenvalue weighted by atomic mass is 35.5. The van der Waals surface area contributed by atoms with E-state index in [2.05, 4.69) is 6.92 Å². The fraction of sp³-hybridized carbons (Fsp3) is 0.400. The summed E-state index contributed by atoms with van der Waals surface area (Å²) < 4.78 is 5.47. The maximum Gasteiger partial charge on any atom is 0.119 e. The Kier molecular flexibility index (Phi) is 3.95. The Morgan fingerprint density at radius 2 is 2.00 bits per heavy atom. The van der Waals surface area contributed by atoms with Gasteiger partial charge >= 0.3 is 0 Å². The predicted octanol–water partition coefficient (Wildman–Crippen LogP) is 2.94. The Labute approximate surface area is 78.3 Å². The quantitative estimate of drug-likeness (QED) is 0.654. The first kappa shape index (κ1) is 9.40. The van der Waals surface area contributed by atoms with Crippen LogP contribution in [-0.2, 0) is 0 Å².